The molecule has 0 unspecified atom stereocenters. The van der Waals surface area contributed by atoms with Gasteiger partial charge in [0.1, 0.15) is 0 Å². The summed E-state index contributed by atoms with van der Waals surface area (Å²) >= 11 is 5.96. The average molecular weight is 424 g/mol. The van der Waals surface area contributed by atoms with Crippen molar-refractivity contribution in [2.24, 2.45) is 0 Å². The first-order valence-electron chi connectivity index (χ1n) is 9.87. The molecule has 30 heavy (non-hydrogen) atoms. The smallest absolute Gasteiger partial charge is 0.313 e. The molecule has 4 rings (SSSR count). The number of amides is 2. The van der Waals surface area contributed by atoms with Crippen molar-refractivity contribution in [3.05, 3.63) is 64.7 Å². The van der Waals surface area contributed by atoms with Crippen molar-refractivity contribution in [2.45, 2.75) is 19.4 Å². The van der Waals surface area contributed by atoms with Crippen LogP contribution in [0.3, 0.4) is 0 Å². The minimum Gasteiger partial charge on any atom is -0.368 e. The van der Waals surface area contributed by atoms with Gasteiger partial charge in [-0.05, 0) is 60.5 Å². The number of hydrogen-bond acceptors (Lipinski definition) is 4. The number of hydrogen-bond donors (Lipinski definition) is 1. The fourth-order valence-corrected chi connectivity index (χ4v) is 4.00. The Morgan fingerprint density at radius 3 is 2.57 bits per heavy atom. The minimum absolute atomic E-state index is 0.0567. The lowest BCUT2D eigenvalue weighted by Crippen LogP contribution is -2.56. The van der Waals surface area contributed by atoms with Crippen LogP contribution in [0, 0.1) is 0 Å². The number of ketones is 1. The second kappa shape index (κ2) is 8.32. The number of piperazine rings is 1. The fraction of sp³-hybridized carbons (Fsp3) is 0.261. The third-order valence-corrected chi connectivity index (χ3v) is 5.74. The Morgan fingerprint density at radius 1 is 1.07 bits per heavy atom. The fourth-order valence-electron chi connectivity index (χ4n) is 3.88. The van der Waals surface area contributed by atoms with E-state index in [0.29, 0.717) is 36.8 Å². The second-order valence-electron chi connectivity index (χ2n) is 7.61. The average Bonchev–Trinajstić information content (AvgIpc) is 2.74. The number of fused-ring (bicyclic) bond motifs is 1. The monoisotopic (exact) mass is 423 g/mol. The van der Waals surface area contributed by atoms with Crippen molar-refractivity contribution in [2.75, 3.05) is 29.9 Å². The lowest BCUT2D eigenvalue weighted by Gasteiger charge is -2.40. The Balaban J connectivity index is 1.39. The molecule has 0 spiro atoms. The SMILES string of the molecule is C[C@@H]1CN(c2ccc(Cl)cc2)CCN1C(=O)C(=O)Nc1ccc2c(c1)C=CC(=O)C2. The molecule has 2 aromatic rings. The van der Waals surface area contributed by atoms with Gasteiger partial charge in [0, 0.05) is 48.5 Å². The van der Waals surface area contributed by atoms with Crippen LogP contribution >= 0.6 is 11.6 Å². The minimum atomic E-state index is -0.655. The van der Waals surface area contributed by atoms with Crippen molar-refractivity contribution in [1.29, 1.82) is 0 Å². The van der Waals surface area contributed by atoms with E-state index in [2.05, 4.69) is 10.2 Å². The summed E-state index contributed by atoms with van der Waals surface area (Å²) in [6.07, 6.45) is 3.62. The number of nitrogens with zero attached hydrogens (tertiary/aromatic N) is 2. The molecular weight excluding hydrogens is 402 g/mol. The van der Waals surface area contributed by atoms with E-state index in [0.717, 1.165) is 16.8 Å². The van der Waals surface area contributed by atoms with Crippen molar-refractivity contribution in [3.8, 4) is 0 Å². The second-order valence-corrected chi connectivity index (χ2v) is 8.05. The molecule has 0 aromatic heterocycles. The summed E-state index contributed by atoms with van der Waals surface area (Å²) < 4.78 is 0. The largest absolute Gasteiger partial charge is 0.368 e. The van der Waals surface area contributed by atoms with E-state index in [1.54, 1.807) is 23.1 Å². The molecule has 1 aliphatic carbocycles. The summed E-state index contributed by atoms with van der Waals surface area (Å²) in [5, 5.41) is 3.37. The normalized spacial score (nSPS) is 18.2. The molecule has 154 valence electrons. The maximum Gasteiger partial charge on any atom is 0.313 e. The Bertz CT molecular complexity index is 1030. The van der Waals surface area contributed by atoms with Gasteiger partial charge in [0.2, 0.25) is 0 Å². The van der Waals surface area contributed by atoms with Crippen LogP contribution in [0.4, 0.5) is 11.4 Å². The molecule has 2 amide bonds. The van der Waals surface area contributed by atoms with Crippen LogP contribution in [0.1, 0.15) is 18.1 Å². The third kappa shape index (κ3) is 4.24. The van der Waals surface area contributed by atoms with Gasteiger partial charge in [-0.25, -0.2) is 0 Å². The highest BCUT2D eigenvalue weighted by atomic mass is 35.5. The number of rotatable bonds is 2. The Hall–Kier alpha value is -3.12. The van der Waals surface area contributed by atoms with Gasteiger partial charge in [-0.1, -0.05) is 23.7 Å². The van der Waals surface area contributed by atoms with Crippen LogP contribution in [0.5, 0.6) is 0 Å². The highest BCUT2D eigenvalue weighted by Crippen LogP contribution is 2.23. The van der Waals surface area contributed by atoms with Gasteiger partial charge in [-0.2, -0.15) is 0 Å². The maximum absolute atomic E-state index is 12.8. The first-order chi connectivity index (χ1) is 14.4. The molecule has 1 N–H and O–H groups in total. The number of nitrogens with one attached hydrogen (secondary N) is 1. The molecule has 2 aromatic carbocycles. The summed E-state index contributed by atoms with van der Waals surface area (Å²) in [4.78, 5) is 40.6. The molecule has 1 fully saturated rings. The van der Waals surface area contributed by atoms with E-state index in [4.69, 9.17) is 11.6 Å². The van der Waals surface area contributed by atoms with Crippen molar-refractivity contribution >= 4 is 46.6 Å². The van der Waals surface area contributed by atoms with Gasteiger partial charge in [0.25, 0.3) is 0 Å². The first kappa shape index (κ1) is 20.2. The summed E-state index contributed by atoms with van der Waals surface area (Å²) in [6.45, 7) is 3.68. The number of allylic oxidation sites excluding steroid dienone is 1. The van der Waals surface area contributed by atoms with E-state index >= 15 is 0 Å². The molecule has 6 nitrogen and oxygen atoms in total. The van der Waals surface area contributed by atoms with Crippen molar-refractivity contribution in [3.63, 3.8) is 0 Å². The van der Waals surface area contributed by atoms with Crippen molar-refractivity contribution in [1.82, 2.24) is 4.90 Å². The zero-order valence-corrected chi connectivity index (χ0v) is 17.4. The van der Waals surface area contributed by atoms with E-state index in [9.17, 15) is 14.4 Å². The topological polar surface area (TPSA) is 69.7 Å². The Labute approximate surface area is 180 Å². The predicted molar refractivity (Wildman–Crippen MR) is 118 cm³/mol. The van der Waals surface area contributed by atoms with E-state index in [1.807, 2.05) is 37.3 Å². The molecule has 7 heteroatoms. The molecule has 1 aliphatic heterocycles. The van der Waals surface area contributed by atoms with Crippen LogP contribution in [0.2, 0.25) is 5.02 Å². The van der Waals surface area contributed by atoms with Crippen LogP contribution in [0.15, 0.2) is 48.5 Å². The van der Waals surface area contributed by atoms with Crippen LogP contribution < -0.4 is 10.2 Å². The van der Waals surface area contributed by atoms with Gasteiger partial charge in [0.15, 0.2) is 5.78 Å². The molecular formula is C23H22ClN3O3. The van der Waals surface area contributed by atoms with Crippen LogP contribution in [0.25, 0.3) is 6.08 Å². The molecule has 1 saturated heterocycles. The lowest BCUT2D eigenvalue weighted by molar-refractivity contribution is -0.144. The highest BCUT2D eigenvalue weighted by molar-refractivity contribution is 6.39. The zero-order valence-electron chi connectivity index (χ0n) is 16.6. The number of halogens is 1. The summed E-state index contributed by atoms with van der Waals surface area (Å²) in [5.74, 6) is -1.14. The molecule has 0 radical (unpaired) electrons. The van der Waals surface area contributed by atoms with Gasteiger partial charge < -0.3 is 15.1 Å². The van der Waals surface area contributed by atoms with Gasteiger partial charge in [-0.15, -0.1) is 0 Å². The van der Waals surface area contributed by atoms with Crippen LogP contribution in [-0.2, 0) is 20.8 Å². The Kier molecular flexibility index (Phi) is 5.59. The molecule has 1 heterocycles. The molecule has 0 bridgehead atoms. The Morgan fingerprint density at radius 2 is 1.83 bits per heavy atom. The lowest BCUT2D eigenvalue weighted by atomic mass is 9.96. The maximum atomic E-state index is 12.8. The zero-order chi connectivity index (χ0) is 21.3. The standard InChI is InChI=1S/C23H22ClN3O3/c1-15-14-26(20-7-4-18(24)5-8-20)10-11-27(15)23(30)22(29)25-19-6-2-17-13-21(28)9-3-16(17)12-19/h2-9,12,15H,10-11,13-14H2,1H3,(H,25,29)/t15-/m1/s1. The summed E-state index contributed by atoms with van der Waals surface area (Å²) in [6, 6.07) is 12.8. The van der Waals surface area contributed by atoms with E-state index < -0.39 is 11.8 Å². The number of benzene rings is 2. The highest BCUT2D eigenvalue weighted by Gasteiger charge is 2.31. The quantitative estimate of drug-likeness (QED) is 0.753. The van der Waals surface area contributed by atoms with Gasteiger partial charge >= 0.3 is 11.8 Å². The number of carbonyl (C=O) groups excluding carboxylic acids is 3. The molecule has 2 aliphatic rings. The number of carbonyl (C=O) groups is 3. The third-order valence-electron chi connectivity index (χ3n) is 5.49. The van der Waals surface area contributed by atoms with Gasteiger partial charge in [0.05, 0.1) is 0 Å². The van der Waals surface area contributed by atoms with Crippen LogP contribution in [-0.4, -0.2) is 48.2 Å². The van der Waals surface area contributed by atoms with Gasteiger partial charge in [-0.3, -0.25) is 14.4 Å². The summed E-state index contributed by atoms with van der Waals surface area (Å²) in [5.41, 5.74) is 3.38. The molecule has 1 atom stereocenters. The van der Waals surface area contributed by atoms with E-state index in [-0.39, 0.29) is 11.8 Å². The van der Waals surface area contributed by atoms with Crippen molar-refractivity contribution < 1.29 is 14.4 Å². The van der Waals surface area contributed by atoms with E-state index in [1.165, 1.54) is 6.08 Å². The number of anilines is 2. The predicted octanol–water partition coefficient (Wildman–Crippen LogP) is 3.15. The summed E-state index contributed by atoms with van der Waals surface area (Å²) in [7, 11) is 0. The first-order valence-corrected chi connectivity index (χ1v) is 10.2. The molecule has 0 saturated carbocycles.